The van der Waals surface area contributed by atoms with Crippen LogP contribution in [0.15, 0.2) is 18.2 Å². The second-order valence-corrected chi connectivity index (χ2v) is 3.53. The van der Waals surface area contributed by atoms with Gasteiger partial charge in [-0.3, -0.25) is 4.79 Å². The molecule has 2 rings (SSSR count). The Bertz CT molecular complexity index is 572. The highest BCUT2D eigenvalue weighted by atomic mass is 35.5. The molecule has 0 saturated heterocycles. The van der Waals surface area contributed by atoms with Crippen LogP contribution in [-0.2, 0) is 11.3 Å². The van der Waals surface area contributed by atoms with Crippen LogP contribution in [0.2, 0.25) is 5.02 Å². The lowest BCUT2D eigenvalue weighted by atomic mass is 10.2. The molecule has 1 aromatic heterocycles. The summed E-state index contributed by atoms with van der Waals surface area (Å²) in [6, 6.07) is 4.14. The number of nitrogens with zero attached hydrogens (tertiary/aromatic N) is 4. The van der Waals surface area contributed by atoms with E-state index in [4.69, 9.17) is 16.7 Å². The highest BCUT2D eigenvalue weighted by molar-refractivity contribution is 6.33. The van der Waals surface area contributed by atoms with E-state index in [1.807, 2.05) is 0 Å². The third-order valence-corrected chi connectivity index (χ3v) is 2.39. The number of tetrazole rings is 1. The van der Waals surface area contributed by atoms with Gasteiger partial charge in [0.2, 0.25) is 0 Å². The molecule has 2 aromatic rings. The van der Waals surface area contributed by atoms with Crippen molar-refractivity contribution >= 4 is 17.6 Å². The van der Waals surface area contributed by atoms with Crippen LogP contribution in [0.1, 0.15) is 0 Å². The number of rotatable bonds is 3. The molecule has 1 heterocycles. The van der Waals surface area contributed by atoms with Crippen LogP contribution in [0.4, 0.5) is 4.39 Å². The summed E-state index contributed by atoms with van der Waals surface area (Å²) >= 11 is 5.76. The Balaban J connectivity index is 2.50. The molecule has 0 aliphatic heterocycles. The smallest absolute Gasteiger partial charge is 0.325 e. The first-order valence-corrected chi connectivity index (χ1v) is 4.89. The van der Waals surface area contributed by atoms with E-state index in [0.717, 1.165) is 4.68 Å². The predicted octanol–water partition coefficient (Wildman–Crippen LogP) is 1.22. The van der Waals surface area contributed by atoms with E-state index in [-0.39, 0.29) is 16.4 Å². The molecule has 17 heavy (non-hydrogen) atoms. The zero-order chi connectivity index (χ0) is 12.4. The largest absolute Gasteiger partial charge is 0.480 e. The van der Waals surface area contributed by atoms with Gasteiger partial charge in [-0.1, -0.05) is 17.7 Å². The standard InChI is InChI=1S/C9H6ClFN4O2/c10-8-5(2-1-3-6(8)11)9-12-13-14-15(9)4-7(16)17/h1-3H,4H2,(H,16,17). The molecule has 1 aromatic carbocycles. The quantitative estimate of drug-likeness (QED) is 0.893. The molecule has 1 N–H and O–H groups in total. The van der Waals surface area contributed by atoms with Crippen molar-refractivity contribution in [1.29, 1.82) is 0 Å². The van der Waals surface area contributed by atoms with Gasteiger partial charge in [-0.15, -0.1) is 5.10 Å². The molecular weight excluding hydrogens is 251 g/mol. The van der Waals surface area contributed by atoms with Crippen molar-refractivity contribution in [3.05, 3.63) is 29.0 Å². The number of aromatic nitrogens is 4. The summed E-state index contributed by atoms with van der Waals surface area (Å²) in [5.41, 5.74) is 0.248. The summed E-state index contributed by atoms with van der Waals surface area (Å²) in [6.45, 7) is -0.421. The zero-order valence-electron chi connectivity index (χ0n) is 8.34. The topological polar surface area (TPSA) is 80.9 Å². The molecule has 0 amide bonds. The maximum Gasteiger partial charge on any atom is 0.325 e. The van der Waals surface area contributed by atoms with E-state index in [2.05, 4.69) is 15.5 Å². The zero-order valence-corrected chi connectivity index (χ0v) is 9.10. The van der Waals surface area contributed by atoms with Crippen molar-refractivity contribution in [3.63, 3.8) is 0 Å². The lowest BCUT2D eigenvalue weighted by Gasteiger charge is -2.04. The van der Waals surface area contributed by atoms with Gasteiger partial charge in [0.15, 0.2) is 5.82 Å². The number of benzene rings is 1. The molecule has 0 spiro atoms. The maximum atomic E-state index is 13.2. The van der Waals surface area contributed by atoms with Crippen LogP contribution < -0.4 is 0 Å². The Morgan fingerprint density at radius 3 is 3.00 bits per heavy atom. The van der Waals surface area contributed by atoms with Crippen molar-refractivity contribution in [2.75, 3.05) is 0 Å². The van der Waals surface area contributed by atoms with Crippen LogP contribution in [0.25, 0.3) is 11.4 Å². The maximum absolute atomic E-state index is 13.2. The Morgan fingerprint density at radius 2 is 2.29 bits per heavy atom. The van der Waals surface area contributed by atoms with Crippen LogP contribution in [0.5, 0.6) is 0 Å². The van der Waals surface area contributed by atoms with Gasteiger partial charge >= 0.3 is 5.97 Å². The van der Waals surface area contributed by atoms with Gasteiger partial charge in [0.05, 0.1) is 5.02 Å². The van der Waals surface area contributed by atoms with Crippen molar-refractivity contribution in [2.45, 2.75) is 6.54 Å². The van der Waals surface area contributed by atoms with Gasteiger partial charge < -0.3 is 5.11 Å². The fourth-order valence-electron chi connectivity index (χ4n) is 1.31. The highest BCUT2D eigenvalue weighted by Gasteiger charge is 2.16. The monoisotopic (exact) mass is 256 g/mol. The molecule has 0 aliphatic rings. The summed E-state index contributed by atoms with van der Waals surface area (Å²) in [5.74, 6) is -1.61. The second kappa shape index (κ2) is 4.46. The first kappa shape index (κ1) is 11.5. The number of carboxylic acid groups (broad SMARTS) is 1. The molecule has 0 bridgehead atoms. The fourth-order valence-corrected chi connectivity index (χ4v) is 1.52. The number of carboxylic acids is 1. The van der Waals surface area contributed by atoms with Gasteiger partial charge in [0.1, 0.15) is 12.4 Å². The van der Waals surface area contributed by atoms with E-state index in [1.54, 1.807) is 0 Å². The normalized spacial score (nSPS) is 10.5. The first-order chi connectivity index (χ1) is 8.09. The molecule has 0 fully saturated rings. The van der Waals surface area contributed by atoms with Crippen LogP contribution in [-0.4, -0.2) is 31.3 Å². The van der Waals surface area contributed by atoms with Gasteiger partial charge in [0.25, 0.3) is 0 Å². The first-order valence-electron chi connectivity index (χ1n) is 4.52. The van der Waals surface area contributed by atoms with Gasteiger partial charge in [0, 0.05) is 5.56 Å². The van der Waals surface area contributed by atoms with Crippen molar-refractivity contribution < 1.29 is 14.3 Å². The Morgan fingerprint density at radius 1 is 1.53 bits per heavy atom. The van der Waals surface area contributed by atoms with E-state index in [9.17, 15) is 9.18 Å². The minimum atomic E-state index is -1.11. The molecular formula is C9H6ClFN4O2. The Kier molecular flexibility index (Phi) is 3.01. The number of halogens is 2. The molecule has 0 aliphatic carbocycles. The van der Waals surface area contributed by atoms with Crippen molar-refractivity contribution in [3.8, 4) is 11.4 Å². The molecule has 0 unspecified atom stereocenters. The summed E-state index contributed by atoms with van der Waals surface area (Å²) in [5, 5.41) is 19.0. The Hall–Kier alpha value is -2.02. The summed E-state index contributed by atoms with van der Waals surface area (Å²) in [6.07, 6.45) is 0. The summed E-state index contributed by atoms with van der Waals surface area (Å²) in [7, 11) is 0. The summed E-state index contributed by atoms with van der Waals surface area (Å²) < 4.78 is 14.3. The number of aliphatic carboxylic acids is 1. The molecule has 6 nitrogen and oxygen atoms in total. The average molecular weight is 257 g/mol. The van der Waals surface area contributed by atoms with E-state index < -0.39 is 18.3 Å². The molecule has 0 atom stereocenters. The van der Waals surface area contributed by atoms with Gasteiger partial charge in [-0.05, 0) is 22.6 Å². The molecule has 88 valence electrons. The third-order valence-electron chi connectivity index (χ3n) is 2.01. The second-order valence-electron chi connectivity index (χ2n) is 3.16. The fraction of sp³-hybridized carbons (Fsp3) is 0.111. The highest BCUT2D eigenvalue weighted by Crippen LogP contribution is 2.27. The Labute approximate surface area is 99.6 Å². The minimum absolute atomic E-state index is 0.108. The number of carbonyl (C=O) groups is 1. The van der Waals surface area contributed by atoms with Crippen LogP contribution in [0, 0.1) is 5.82 Å². The van der Waals surface area contributed by atoms with E-state index in [0.29, 0.717) is 0 Å². The predicted molar refractivity (Wildman–Crippen MR) is 55.9 cm³/mol. The molecule has 8 heteroatoms. The van der Waals surface area contributed by atoms with Crippen LogP contribution >= 0.6 is 11.6 Å². The minimum Gasteiger partial charge on any atom is -0.480 e. The molecule has 0 saturated carbocycles. The SMILES string of the molecule is O=C(O)Cn1nnnc1-c1cccc(F)c1Cl. The summed E-state index contributed by atoms with van der Waals surface area (Å²) in [4.78, 5) is 10.6. The van der Waals surface area contributed by atoms with Crippen molar-refractivity contribution in [2.24, 2.45) is 0 Å². The number of hydrogen-bond acceptors (Lipinski definition) is 4. The van der Waals surface area contributed by atoms with Crippen LogP contribution in [0.3, 0.4) is 0 Å². The van der Waals surface area contributed by atoms with E-state index in [1.165, 1.54) is 18.2 Å². The van der Waals surface area contributed by atoms with Gasteiger partial charge in [-0.2, -0.15) is 0 Å². The lowest BCUT2D eigenvalue weighted by molar-refractivity contribution is -0.137. The lowest BCUT2D eigenvalue weighted by Crippen LogP contribution is -2.11. The molecule has 0 radical (unpaired) electrons. The van der Waals surface area contributed by atoms with E-state index >= 15 is 0 Å². The third kappa shape index (κ3) is 2.23. The van der Waals surface area contributed by atoms with Crippen molar-refractivity contribution in [1.82, 2.24) is 20.2 Å². The average Bonchev–Trinajstić information content (AvgIpc) is 2.69. The van der Waals surface area contributed by atoms with Gasteiger partial charge in [-0.25, -0.2) is 9.07 Å². The number of hydrogen-bond donors (Lipinski definition) is 1.